The van der Waals surface area contributed by atoms with E-state index in [4.69, 9.17) is 14.2 Å². The van der Waals surface area contributed by atoms with E-state index in [1.54, 1.807) is 14.2 Å². The highest BCUT2D eigenvalue weighted by atomic mass is 16.6. The van der Waals surface area contributed by atoms with Crippen LogP contribution in [0, 0.1) is 23.2 Å². The molecule has 2 aromatic rings. The molecule has 1 saturated heterocycles. The van der Waals surface area contributed by atoms with E-state index >= 15 is 0 Å². The molecule has 0 unspecified atom stereocenters. The van der Waals surface area contributed by atoms with Crippen LogP contribution >= 0.6 is 0 Å². The first-order valence-corrected chi connectivity index (χ1v) is 12.3. The van der Waals surface area contributed by atoms with Gasteiger partial charge in [-0.05, 0) is 97.4 Å². The van der Waals surface area contributed by atoms with Crippen LogP contribution < -0.4 is 14.4 Å². The number of aryl methyl sites for hydroxylation is 1. The fourth-order valence-electron chi connectivity index (χ4n) is 7.67. The van der Waals surface area contributed by atoms with Gasteiger partial charge >= 0.3 is 6.09 Å². The maximum atomic E-state index is 13.1. The average molecular weight is 448 g/mol. The van der Waals surface area contributed by atoms with Crippen LogP contribution in [-0.2, 0) is 11.2 Å². The second kappa shape index (κ2) is 7.68. The van der Waals surface area contributed by atoms with Crippen molar-refractivity contribution in [3.63, 3.8) is 0 Å². The average Bonchev–Trinajstić information content (AvgIpc) is 3.14. The van der Waals surface area contributed by atoms with Gasteiger partial charge in [0.2, 0.25) is 0 Å². The molecule has 5 heteroatoms. The number of methoxy groups -OCH3 is 2. The molecular weight excluding hydrogens is 414 g/mol. The van der Waals surface area contributed by atoms with Gasteiger partial charge in [-0.2, -0.15) is 0 Å². The minimum absolute atomic E-state index is 0.0303. The van der Waals surface area contributed by atoms with Gasteiger partial charge in [0.1, 0.15) is 17.6 Å². The van der Waals surface area contributed by atoms with Gasteiger partial charge in [-0.3, -0.25) is 4.90 Å². The zero-order chi connectivity index (χ0) is 22.7. The molecule has 0 bridgehead atoms. The normalized spacial score (nSPS) is 34.5. The second-order valence-corrected chi connectivity index (χ2v) is 10.6. The van der Waals surface area contributed by atoms with Gasteiger partial charge in [-0.25, -0.2) is 4.79 Å². The summed E-state index contributed by atoms with van der Waals surface area (Å²) in [7, 11) is 3.40. The molecule has 0 aromatic heterocycles. The second-order valence-electron chi connectivity index (χ2n) is 10.6. The summed E-state index contributed by atoms with van der Waals surface area (Å²) in [6.45, 7) is 3.14. The fraction of sp³-hybridized carbons (Fsp3) is 0.536. The van der Waals surface area contributed by atoms with E-state index in [1.807, 2.05) is 29.2 Å². The van der Waals surface area contributed by atoms with Gasteiger partial charge in [0.05, 0.1) is 14.2 Å². The number of carbonyl (C=O) groups is 1. The van der Waals surface area contributed by atoms with E-state index < -0.39 is 0 Å². The Morgan fingerprint density at radius 3 is 2.55 bits per heavy atom. The van der Waals surface area contributed by atoms with Crippen molar-refractivity contribution in [1.82, 2.24) is 0 Å². The topological polar surface area (TPSA) is 48.0 Å². The van der Waals surface area contributed by atoms with E-state index in [1.165, 1.54) is 24.0 Å². The molecule has 6 rings (SSSR count). The third-order valence-corrected chi connectivity index (χ3v) is 9.26. The lowest BCUT2D eigenvalue weighted by molar-refractivity contribution is -0.0461. The molecule has 33 heavy (non-hydrogen) atoms. The van der Waals surface area contributed by atoms with E-state index in [2.05, 4.69) is 25.1 Å². The van der Waals surface area contributed by atoms with E-state index in [-0.39, 0.29) is 17.6 Å². The van der Waals surface area contributed by atoms with Gasteiger partial charge in [0, 0.05) is 23.6 Å². The van der Waals surface area contributed by atoms with Crippen LogP contribution in [0.4, 0.5) is 10.5 Å². The van der Waals surface area contributed by atoms with Gasteiger partial charge in [0.15, 0.2) is 0 Å². The molecule has 3 aliphatic carbocycles. The number of anilines is 1. The van der Waals surface area contributed by atoms with Crippen molar-refractivity contribution in [2.45, 2.75) is 51.0 Å². The van der Waals surface area contributed by atoms with Crippen molar-refractivity contribution in [3.8, 4) is 11.5 Å². The quantitative estimate of drug-likeness (QED) is 0.596. The van der Waals surface area contributed by atoms with Crippen molar-refractivity contribution >= 4 is 11.8 Å². The molecule has 1 amide bonds. The lowest BCUT2D eigenvalue weighted by Gasteiger charge is -2.51. The third kappa shape index (κ3) is 3.15. The number of fused-ring (bicyclic) bond motifs is 7. The number of carbonyl (C=O) groups excluding carboxylic acids is 1. The number of ether oxygens (including phenoxy) is 3. The SMILES string of the molecule is COc1ccc(N2C[C@H]3C[C@H]4[C@@H]5CCc6cc(OC)ccc6[C@H]5CC[C@]4(C)[C@H]3OC2=O)cc1. The number of hydrogen-bond acceptors (Lipinski definition) is 4. The zero-order valence-corrected chi connectivity index (χ0v) is 19.8. The maximum Gasteiger partial charge on any atom is 0.414 e. The van der Waals surface area contributed by atoms with E-state index in [0.717, 1.165) is 43.0 Å². The van der Waals surface area contributed by atoms with Crippen molar-refractivity contribution in [1.29, 1.82) is 0 Å². The Labute approximate surface area is 196 Å². The van der Waals surface area contributed by atoms with Crippen molar-refractivity contribution in [2.24, 2.45) is 23.2 Å². The number of hydrogen-bond donors (Lipinski definition) is 0. The van der Waals surface area contributed by atoms with Crippen LogP contribution in [0.3, 0.4) is 0 Å². The summed E-state index contributed by atoms with van der Waals surface area (Å²) in [5.74, 6) is 4.03. The summed E-state index contributed by atoms with van der Waals surface area (Å²) in [4.78, 5) is 14.9. The third-order valence-electron chi connectivity index (χ3n) is 9.26. The van der Waals surface area contributed by atoms with Crippen LogP contribution in [0.15, 0.2) is 42.5 Å². The van der Waals surface area contributed by atoms with E-state index in [0.29, 0.717) is 23.7 Å². The number of benzene rings is 2. The highest BCUT2D eigenvalue weighted by molar-refractivity contribution is 5.88. The highest BCUT2D eigenvalue weighted by Crippen LogP contribution is 2.63. The van der Waals surface area contributed by atoms with Crippen LogP contribution in [-0.4, -0.2) is 33.0 Å². The van der Waals surface area contributed by atoms with E-state index in [9.17, 15) is 4.79 Å². The standard InChI is InChI=1S/C28H33NO4/c1-28-13-12-23-22-11-9-21(32-3)14-17(22)4-10-24(23)25(28)15-18-16-29(27(30)33-26(18)28)19-5-7-20(31-2)8-6-19/h5-9,11,14,18,23-26H,4,10,12-13,15-16H2,1-3H3/t18-,23-,24-,25+,26+,28+/m1/s1. The summed E-state index contributed by atoms with van der Waals surface area (Å²) >= 11 is 0. The van der Waals surface area contributed by atoms with Gasteiger partial charge in [0.25, 0.3) is 0 Å². The maximum absolute atomic E-state index is 13.1. The largest absolute Gasteiger partial charge is 0.497 e. The zero-order valence-electron chi connectivity index (χ0n) is 19.8. The molecule has 1 aliphatic heterocycles. The fourth-order valence-corrected chi connectivity index (χ4v) is 7.67. The first-order chi connectivity index (χ1) is 16.0. The molecule has 1 heterocycles. The summed E-state index contributed by atoms with van der Waals surface area (Å²) in [6, 6.07) is 14.4. The smallest absolute Gasteiger partial charge is 0.414 e. The molecule has 2 saturated carbocycles. The van der Waals surface area contributed by atoms with Crippen LogP contribution in [0.1, 0.15) is 49.7 Å². The molecule has 0 spiro atoms. The van der Waals surface area contributed by atoms with Gasteiger partial charge < -0.3 is 14.2 Å². The molecule has 4 aliphatic rings. The van der Waals surface area contributed by atoms with Crippen LogP contribution in [0.2, 0.25) is 0 Å². The predicted molar refractivity (Wildman–Crippen MR) is 127 cm³/mol. The van der Waals surface area contributed by atoms with Crippen LogP contribution in [0.25, 0.3) is 0 Å². The molecule has 2 aromatic carbocycles. The Hall–Kier alpha value is -2.69. The van der Waals surface area contributed by atoms with Crippen LogP contribution in [0.5, 0.6) is 11.5 Å². The number of rotatable bonds is 3. The van der Waals surface area contributed by atoms with Gasteiger partial charge in [-0.1, -0.05) is 13.0 Å². The lowest BCUT2D eigenvalue weighted by atomic mass is 9.55. The Morgan fingerprint density at radius 1 is 1.03 bits per heavy atom. The molecule has 174 valence electrons. The van der Waals surface area contributed by atoms with Crippen molar-refractivity contribution < 1.29 is 19.0 Å². The molecule has 5 nitrogen and oxygen atoms in total. The monoisotopic (exact) mass is 447 g/mol. The Kier molecular flexibility index (Phi) is 4.86. The summed E-state index contributed by atoms with van der Waals surface area (Å²) in [6.07, 6.45) is 5.62. The summed E-state index contributed by atoms with van der Waals surface area (Å²) in [5.41, 5.74) is 3.96. The first kappa shape index (κ1) is 20.9. The highest BCUT2D eigenvalue weighted by Gasteiger charge is 2.61. The van der Waals surface area contributed by atoms with Crippen molar-refractivity contribution in [3.05, 3.63) is 53.6 Å². The predicted octanol–water partition coefficient (Wildman–Crippen LogP) is 5.81. The molecule has 0 radical (unpaired) electrons. The Bertz CT molecular complexity index is 1070. The molecule has 3 fully saturated rings. The molecular formula is C28H33NO4. The summed E-state index contributed by atoms with van der Waals surface area (Å²) < 4.78 is 17.0. The number of nitrogens with zero attached hydrogens (tertiary/aromatic N) is 1. The summed E-state index contributed by atoms with van der Waals surface area (Å²) in [5, 5.41) is 0. The molecule has 6 atom stereocenters. The first-order valence-electron chi connectivity index (χ1n) is 12.3. The Balaban J connectivity index is 1.26. The minimum atomic E-state index is -0.202. The Morgan fingerprint density at radius 2 is 1.79 bits per heavy atom. The van der Waals surface area contributed by atoms with Gasteiger partial charge in [-0.15, -0.1) is 0 Å². The lowest BCUT2D eigenvalue weighted by Crippen LogP contribution is -2.52. The number of amides is 1. The minimum Gasteiger partial charge on any atom is -0.497 e. The van der Waals surface area contributed by atoms with Crippen molar-refractivity contribution in [2.75, 3.05) is 25.7 Å². The molecule has 0 N–H and O–H groups in total.